The zero-order valence-electron chi connectivity index (χ0n) is 23.6. The van der Waals surface area contributed by atoms with Crippen LogP contribution in [-0.2, 0) is 33.0 Å². The topological polar surface area (TPSA) is 118 Å². The van der Waals surface area contributed by atoms with Crippen LogP contribution in [-0.4, -0.2) is 49.1 Å². The average Bonchev–Trinajstić information content (AvgIpc) is 3.40. The Balaban J connectivity index is 1.44. The molecule has 1 aliphatic carbocycles. The SMILES string of the molecule is Cc1nccc(Nc2cc(-c3ccnc(N(C)CCn4c(C=O)cc5c4CC(C)(C)C5)c3CO)cn(C)c2=O)n1. The van der Waals surface area contributed by atoms with E-state index < -0.39 is 0 Å². The normalized spacial score (nSPS) is 13.8. The first kappa shape index (κ1) is 27.3. The number of hydrogen-bond donors (Lipinski definition) is 2. The van der Waals surface area contributed by atoms with Gasteiger partial charge >= 0.3 is 0 Å². The number of hydrogen-bond acceptors (Lipinski definition) is 8. The van der Waals surface area contributed by atoms with E-state index in [0.29, 0.717) is 47.5 Å². The maximum atomic E-state index is 12.9. The lowest BCUT2D eigenvalue weighted by atomic mass is 9.90. The van der Waals surface area contributed by atoms with Crippen LogP contribution in [0, 0.1) is 12.3 Å². The van der Waals surface area contributed by atoms with Gasteiger partial charge in [-0.15, -0.1) is 0 Å². The lowest BCUT2D eigenvalue weighted by Gasteiger charge is -2.24. The Bertz CT molecular complexity index is 1640. The Labute approximate surface area is 233 Å². The van der Waals surface area contributed by atoms with Crippen molar-refractivity contribution in [3.63, 3.8) is 0 Å². The number of nitrogens with zero attached hydrogens (tertiary/aromatic N) is 6. The van der Waals surface area contributed by atoms with Crippen molar-refractivity contribution in [3.8, 4) is 11.1 Å². The van der Waals surface area contributed by atoms with Gasteiger partial charge in [0.25, 0.3) is 5.56 Å². The summed E-state index contributed by atoms with van der Waals surface area (Å²) in [5.41, 5.74) is 5.71. The van der Waals surface area contributed by atoms with Crippen molar-refractivity contribution >= 4 is 23.6 Å². The van der Waals surface area contributed by atoms with Gasteiger partial charge < -0.3 is 24.5 Å². The molecule has 4 aromatic rings. The number of carbonyl (C=O) groups is 1. The molecule has 1 aliphatic rings. The van der Waals surface area contributed by atoms with Crippen LogP contribution < -0.4 is 15.8 Å². The monoisotopic (exact) mass is 541 g/mol. The molecule has 2 N–H and O–H groups in total. The van der Waals surface area contributed by atoms with Gasteiger partial charge in [-0.3, -0.25) is 9.59 Å². The lowest BCUT2D eigenvalue weighted by Crippen LogP contribution is -2.26. The minimum atomic E-state index is -0.230. The highest BCUT2D eigenvalue weighted by Crippen LogP contribution is 2.38. The summed E-state index contributed by atoms with van der Waals surface area (Å²) >= 11 is 0. The molecule has 10 heteroatoms. The van der Waals surface area contributed by atoms with Crippen LogP contribution in [0.4, 0.5) is 17.3 Å². The molecule has 0 radical (unpaired) electrons. The molecule has 40 heavy (non-hydrogen) atoms. The summed E-state index contributed by atoms with van der Waals surface area (Å²) in [6, 6.07) is 7.32. The number of fused-ring (bicyclic) bond motifs is 1. The predicted octanol–water partition coefficient (Wildman–Crippen LogP) is 3.66. The highest BCUT2D eigenvalue weighted by Gasteiger charge is 2.32. The van der Waals surface area contributed by atoms with E-state index in [2.05, 4.69) is 38.7 Å². The third kappa shape index (κ3) is 5.27. The molecule has 10 nitrogen and oxygen atoms in total. The van der Waals surface area contributed by atoms with Crippen LogP contribution in [0.15, 0.2) is 47.7 Å². The fourth-order valence-corrected chi connectivity index (χ4v) is 5.63. The standard InChI is InChI=1S/C30H35N7O3/c1-19-31-9-7-27(33-19)34-25-13-21(16-36(5)29(25)40)23-6-8-32-28(24(23)18-39)35(4)10-11-37-22(17-38)12-20-14-30(2,3)15-26(20)37/h6-9,12-13,16-17,39H,10-11,14-15,18H2,1-5H3,(H,31,33,34). The van der Waals surface area contributed by atoms with E-state index in [9.17, 15) is 14.7 Å². The van der Waals surface area contributed by atoms with Crippen LogP contribution in [0.5, 0.6) is 0 Å². The van der Waals surface area contributed by atoms with Gasteiger partial charge in [0.05, 0.1) is 12.3 Å². The van der Waals surface area contributed by atoms with Gasteiger partial charge in [-0.1, -0.05) is 13.8 Å². The number of aliphatic hydroxyl groups excluding tert-OH is 1. The molecule has 0 bridgehead atoms. The summed E-state index contributed by atoms with van der Waals surface area (Å²) in [5, 5.41) is 13.6. The van der Waals surface area contributed by atoms with Crippen molar-refractivity contribution in [1.29, 1.82) is 0 Å². The van der Waals surface area contributed by atoms with Gasteiger partial charge in [0, 0.05) is 62.6 Å². The van der Waals surface area contributed by atoms with Gasteiger partial charge in [-0.2, -0.15) is 0 Å². The van der Waals surface area contributed by atoms with E-state index in [0.717, 1.165) is 30.3 Å². The van der Waals surface area contributed by atoms with E-state index in [-0.39, 0.29) is 17.6 Å². The molecule has 4 aromatic heterocycles. The fraction of sp³-hybridized carbons (Fsp3) is 0.367. The van der Waals surface area contributed by atoms with E-state index in [1.165, 1.54) is 15.8 Å². The number of carbonyl (C=O) groups excluding carboxylic acids is 1. The van der Waals surface area contributed by atoms with Crippen molar-refractivity contribution < 1.29 is 9.90 Å². The second-order valence-electron chi connectivity index (χ2n) is 11.2. The number of likely N-dealkylation sites (N-methyl/N-ethyl adjacent to an activating group) is 1. The van der Waals surface area contributed by atoms with Crippen molar-refractivity contribution in [2.45, 2.75) is 46.8 Å². The fourth-order valence-electron chi connectivity index (χ4n) is 5.63. The number of nitrogens with one attached hydrogen (secondary N) is 1. The van der Waals surface area contributed by atoms with Crippen LogP contribution in [0.1, 0.15) is 47.0 Å². The van der Waals surface area contributed by atoms with Crippen molar-refractivity contribution in [2.75, 3.05) is 23.8 Å². The Hall–Kier alpha value is -4.31. The third-order valence-corrected chi connectivity index (χ3v) is 7.51. The molecule has 0 saturated heterocycles. The second kappa shape index (κ2) is 10.7. The predicted molar refractivity (Wildman–Crippen MR) is 155 cm³/mol. The minimum Gasteiger partial charge on any atom is -0.392 e. The number of rotatable bonds is 9. The Morgan fingerprint density at radius 3 is 2.67 bits per heavy atom. The maximum absolute atomic E-state index is 12.9. The smallest absolute Gasteiger partial charge is 0.274 e. The van der Waals surface area contributed by atoms with Crippen LogP contribution in [0.25, 0.3) is 11.1 Å². The Morgan fingerprint density at radius 2 is 1.95 bits per heavy atom. The Kier molecular flexibility index (Phi) is 7.29. The number of aromatic nitrogens is 5. The van der Waals surface area contributed by atoms with E-state index in [1.54, 1.807) is 44.7 Å². The van der Waals surface area contributed by atoms with Gasteiger partial charge in [-0.05, 0) is 60.6 Å². The summed E-state index contributed by atoms with van der Waals surface area (Å²) in [6.45, 7) is 7.28. The first-order valence-electron chi connectivity index (χ1n) is 13.3. The quantitative estimate of drug-likeness (QED) is 0.308. The zero-order valence-corrected chi connectivity index (χ0v) is 23.6. The number of aliphatic hydroxyl groups is 1. The minimum absolute atomic E-state index is 0.190. The molecule has 0 unspecified atom stereocenters. The van der Waals surface area contributed by atoms with E-state index in [4.69, 9.17) is 0 Å². The zero-order chi connectivity index (χ0) is 28.6. The molecular weight excluding hydrogens is 506 g/mol. The van der Waals surface area contributed by atoms with Crippen molar-refractivity contribution in [2.24, 2.45) is 12.5 Å². The lowest BCUT2D eigenvalue weighted by molar-refractivity contribution is 0.111. The highest BCUT2D eigenvalue weighted by atomic mass is 16.3. The Morgan fingerprint density at radius 1 is 1.18 bits per heavy atom. The third-order valence-electron chi connectivity index (χ3n) is 7.51. The van der Waals surface area contributed by atoms with Crippen molar-refractivity contribution in [3.05, 3.63) is 81.5 Å². The first-order chi connectivity index (χ1) is 19.1. The van der Waals surface area contributed by atoms with Gasteiger partial charge in [0.15, 0.2) is 6.29 Å². The van der Waals surface area contributed by atoms with E-state index in [1.807, 2.05) is 24.1 Å². The maximum Gasteiger partial charge on any atom is 0.274 e. The molecule has 4 heterocycles. The summed E-state index contributed by atoms with van der Waals surface area (Å²) in [5.74, 6) is 1.76. The number of aldehydes is 1. The van der Waals surface area contributed by atoms with Crippen LogP contribution >= 0.6 is 0 Å². The molecule has 208 valence electrons. The number of pyridine rings is 2. The molecule has 0 amide bonds. The summed E-state index contributed by atoms with van der Waals surface area (Å²) in [4.78, 5) is 39.8. The first-order valence-corrected chi connectivity index (χ1v) is 13.3. The number of anilines is 3. The van der Waals surface area contributed by atoms with Gasteiger partial charge in [0.2, 0.25) is 0 Å². The molecule has 0 saturated carbocycles. The number of aryl methyl sites for hydroxylation is 2. The second-order valence-corrected chi connectivity index (χ2v) is 11.2. The summed E-state index contributed by atoms with van der Waals surface area (Å²) < 4.78 is 3.63. The highest BCUT2D eigenvalue weighted by molar-refractivity contribution is 5.75. The van der Waals surface area contributed by atoms with Crippen LogP contribution in [0.2, 0.25) is 0 Å². The van der Waals surface area contributed by atoms with E-state index >= 15 is 0 Å². The van der Waals surface area contributed by atoms with Crippen LogP contribution in [0.3, 0.4) is 0 Å². The molecule has 0 spiro atoms. The average molecular weight is 542 g/mol. The molecule has 5 rings (SSSR count). The van der Waals surface area contributed by atoms with Gasteiger partial charge in [0.1, 0.15) is 23.1 Å². The molecule has 0 aliphatic heterocycles. The van der Waals surface area contributed by atoms with Gasteiger partial charge in [-0.25, -0.2) is 15.0 Å². The molecule has 0 fully saturated rings. The largest absolute Gasteiger partial charge is 0.392 e. The molecule has 0 aromatic carbocycles. The molecular formula is C30H35N7O3. The summed E-state index contributed by atoms with van der Waals surface area (Å²) in [6.07, 6.45) is 7.92. The summed E-state index contributed by atoms with van der Waals surface area (Å²) in [7, 11) is 3.63. The van der Waals surface area contributed by atoms with Crippen molar-refractivity contribution in [1.82, 2.24) is 24.1 Å². The molecule has 0 atom stereocenters.